The van der Waals surface area contributed by atoms with Gasteiger partial charge in [0.2, 0.25) is 0 Å². The maximum atomic E-state index is 9.34. The third kappa shape index (κ3) is 2.09. The van der Waals surface area contributed by atoms with Crippen molar-refractivity contribution >= 4 is 0 Å². The van der Waals surface area contributed by atoms with Gasteiger partial charge in [0, 0.05) is 0 Å². The number of nitrogens with one attached hydrogen (secondary N) is 1. The molecule has 1 aliphatic rings. The van der Waals surface area contributed by atoms with Crippen LogP contribution in [0.4, 0.5) is 0 Å². The lowest BCUT2D eigenvalue weighted by molar-refractivity contribution is 0.180. The largest absolute Gasteiger partial charge is 0.299 e. The monoisotopic (exact) mass is 194 g/mol. The van der Waals surface area contributed by atoms with E-state index < -0.39 is 0 Å². The number of piperidine rings is 1. The zero-order valence-electron chi connectivity index (χ0n) is 9.64. The summed E-state index contributed by atoms with van der Waals surface area (Å²) >= 11 is 0. The van der Waals surface area contributed by atoms with Gasteiger partial charge in [0.05, 0.1) is 6.07 Å². The summed E-state index contributed by atoms with van der Waals surface area (Å²) in [5, 5.41) is 12.8. The quantitative estimate of drug-likeness (QED) is 0.750. The van der Waals surface area contributed by atoms with E-state index in [9.17, 15) is 5.26 Å². The fraction of sp³-hybridized carbons (Fsp3) is 0.917. The van der Waals surface area contributed by atoms with Gasteiger partial charge in [-0.2, -0.15) is 5.26 Å². The van der Waals surface area contributed by atoms with Crippen molar-refractivity contribution in [3.05, 3.63) is 0 Å². The minimum atomic E-state index is -0.242. The molecule has 1 N–H and O–H groups in total. The van der Waals surface area contributed by atoms with E-state index in [1.54, 1.807) is 0 Å². The molecular weight excluding hydrogens is 172 g/mol. The first kappa shape index (κ1) is 11.5. The Labute approximate surface area is 87.7 Å². The van der Waals surface area contributed by atoms with Crippen LogP contribution in [0.3, 0.4) is 0 Å². The van der Waals surface area contributed by atoms with Crippen LogP contribution in [0.15, 0.2) is 0 Å². The zero-order chi connectivity index (χ0) is 10.6. The van der Waals surface area contributed by atoms with Crippen LogP contribution in [-0.4, -0.2) is 12.1 Å². The summed E-state index contributed by atoms with van der Waals surface area (Å²) in [6.07, 6.45) is 4.60. The van der Waals surface area contributed by atoms with Crippen molar-refractivity contribution < 1.29 is 0 Å². The van der Waals surface area contributed by atoms with E-state index in [0.29, 0.717) is 11.8 Å². The van der Waals surface area contributed by atoms with Gasteiger partial charge in [-0.25, -0.2) is 0 Å². The molecule has 1 saturated heterocycles. The fourth-order valence-electron chi connectivity index (χ4n) is 2.35. The Hall–Kier alpha value is -0.550. The molecule has 1 fully saturated rings. The molecule has 0 aromatic heterocycles. The van der Waals surface area contributed by atoms with Gasteiger partial charge in [-0.1, -0.05) is 27.2 Å². The Morgan fingerprint density at radius 2 is 2.14 bits per heavy atom. The van der Waals surface area contributed by atoms with E-state index in [2.05, 4.69) is 32.2 Å². The van der Waals surface area contributed by atoms with E-state index in [4.69, 9.17) is 0 Å². The number of nitrogens with zero attached hydrogens (tertiary/aromatic N) is 1. The van der Waals surface area contributed by atoms with E-state index in [1.165, 1.54) is 12.8 Å². The molecule has 80 valence electrons. The van der Waals surface area contributed by atoms with Gasteiger partial charge >= 0.3 is 0 Å². The van der Waals surface area contributed by atoms with E-state index >= 15 is 0 Å². The number of hydrogen-bond acceptors (Lipinski definition) is 2. The summed E-state index contributed by atoms with van der Waals surface area (Å²) in [6, 6.07) is 2.52. The Morgan fingerprint density at radius 3 is 2.57 bits per heavy atom. The Kier molecular flexibility index (Phi) is 3.95. The van der Waals surface area contributed by atoms with Crippen molar-refractivity contribution in [3.8, 4) is 6.07 Å². The molecule has 2 nitrogen and oxygen atoms in total. The first-order valence-electron chi connectivity index (χ1n) is 5.82. The van der Waals surface area contributed by atoms with Gasteiger partial charge in [-0.05, 0) is 37.6 Å². The molecule has 14 heavy (non-hydrogen) atoms. The molecule has 0 spiro atoms. The molecule has 3 unspecified atom stereocenters. The number of nitriles is 1. The molecular formula is C12H22N2. The molecule has 0 bridgehead atoms. The van der Waals surface area contributed by atoms with Crippen LogP contribution < -0.4 is 5.32 Å². The Morgan fingerprint density at radius 1 is 1.43 bits per heavy atom. The highest BCUT2D eigenvalue weighted by Crippen LogP contribution is 2.32. The van der Waals surface area contributed by atoms with Gasteiger partial charge in [-0.15, -0.1) is 0 Å². The highest BCUT2D eigenvalue weighted by atomic mass is 15.0. The summed E-state index contributed by atoms with van der Waals surface area (Å²) in [5.41, 5.74) is -0.242. The van der Waals surface area contributed by atoms with Crippen LogP contribution in [0.2, 0.25) is 0 Å². The molecule has 0 aromatic carbocycles. The van der Waals surface area contributed by atoms with Crippen molar-refractivity contribution in [1.82, 2.24) is 5.32 Å². The minimum absolute atomic E-state index is 0.242. The first-order valence-corrected chi connectivity index (χ1v) is 5.82. The second-order valence-corrected chi connectivity index (χ2v) is 4.64. The maximum absolute atomic E-state index is 9.34. The molecule has 1 heterocycles. The predicted molar refractivity (Wildman–Crippen MR) is 58.8 cm³/mol. The van der Waals surface area contributed by atoms with Crippen molar-refractivity contribution in [2.24, 2.45) is 11.8 Å². The second-order valence-electron chi connectivity index (χ2n) is 4.64. The van der Waals surface area contributed by atoms with Crippen molar-refractivity contribution in [2.75, 3.05) is 6.54 Å². The standard InChI is InChI=1S/C12H22N2/c1-4-10(2)11(3)12(9-13)7-5-6-8-14-12/h10-11,14H,4-8H2,1-3H3. The predicted octanol–water partition coefficient (Wildman–Crippen LogP) is 2.70. The van der Waals surface area contributed by atoms with Gasteiger partial charge in [-0.3, -0.25) is 5.32 Å². The van der Waals surface area contributed by atoms with Crippen LogP contribution in [0.25, 0.3) is 0 Å². The highest BCUT2D eigenvalue weighted by Gasteiger charge is 2.39. The molecule has 2 heteroatoms. The molecule has 1 rings (SSSR count). The lowest BCUT2D eigenvalue weighted by Gasteiger charge is -2.39. The lowest BCUT2D eigenvalue weighted by Crippen LogP contribution is -2.53. The third-order valence-electron chi connectivity index (χ3n) is 3.91. The molecule has 3 atom stereocenters. The van der Waals surface area contributed by atoms with Crippen molar-refractivity contribution in [1.29, 1.82) is 5.26 Å². The molecule has 0 aliphatic carbocycles. The van der Waals surface area contributed by atoms with Crippen LogP contribution in [-0.2, 0) is 0 Å². The topological polar surface area (TPSA) is 35.8 Å². The normalized spacial score (nSPS) is 31.9. The van der Waals surface area contributed by atoms with Gasteiger partial charge in [0.1, 0.15) is 5.54 Å². The number of rotatable bonds is 3. The van der Waals surface area contributed by atoms with Crippen LogP contribution in [0.1, 0.15) is 46.5 Å². The minimum Gasteiger partial charge on any atom is -0.299 e. The lowest BCUT2D eigenvalue weighted by atomic mass is 9.73. The molecule has 0 saturated carbocycles. The van der Waals surface area contributed by atoms with Crippen molar-refractivity contribution in [3.63, 3.8) is 0 Å². The summed E-state index contributed by atoms with van der Waals surface area (Å²) in [5.74, 6) is 1.08. The number of hydrogen-bond donors (Lipinski definition) is 1. The summed E-state index contributed by atoms with van der Waals surface area (Å²) < 4.78 is 0. The smallest absolute Gasteiger partial charge is 0.109 e. The van der Waals surface area contributed by atoms with Gasteiger partial charge < -0.3 is 0 Å². The van der Waals surface area contributed by atoms with Gasteiger partial charge in [0.25, 0.3) is 0 Å². The van der Waals surface area contributed by atoms with Crippen LogP contribution in [0, 0.1) is 23.2 Å². The van der Waals surface area contributed by atoms with E-state index in [1.807, 2.05) is 0 Å². The van der Waals surface area contributed by atoms with E-state index in [0.717, 1.165) is 19.4 Å². The first-order chi connectivity index (χ1) is 6.66. The van der Waals surface area contributed by atoms with E-state index in [-0.39, 0.29) is 5.54 Å². The Bertz CT molecular complexity index is 211. The molecule has 0 amide bonds. The van der Waals surface area contributed by atoms with Crippen LogP contribution in [0.5, 0.6) is 0 Å². The zero-order valence-corrected chi connectivity index (χ0v) is 9.64. The maximum Gasteiger partial charge on any atom is 0.109 e. The second kappa shape index (κ2) is 4.79. The molecule has 0 aromatic rings. The molecule has 1 aliphatic heterocycles. The van der Waals surface area contributed by atoms with Crippen molar-refractivity contribution in [2.45, 2.75) is 52.0 Å². The summed E-state index contributed by atoms with van der Waals surface area (Å²) in [6.45, 7) is 7.68. The molecule has 0 radical (unpaired) electrons. The third-order valence-corrected chi connectivity index (χ3v) is 3.91. The SMILES string of the molecule is CCC(C)C(C)C1(C#N)CCCCN1. The summed E-state index contributed by atoms with van der Waals surface area (Å²) in [4.78, 5) is 0. The average molecular weight is 194 g/mol. The fourth-order valence-corrected chi connectivity index (χ4v) is 2.35. The van der Waals surface area contributed by atoms with Gasteiger partial charge in [0.15, 0.2) is 0 Å². The van der Waals surface area contributed by atoms with Crippen LogP contribution >= 0.6 is 0 Å². The average Bonchev–Trinajstić information content (AvgIpc) is 2.28. The summed E-state index contributed by atoms with van der Waals surface area (Å²) in [7, 11) is 0. The Balaban J connectivity index is 2.73. The highest BCUT2D eigenvalue weighted by molar-refractivity contribution is 5.12.